The summed E-state index contributed by atoms with van der Waals surface area (Å²) < 4.78 is 12.5. The second-order valence-electron chi connectivity index (χ2n) is 5.52. The third kappa shape index (κ3) is 3.28. The summed E-state index contributed by atoms with van der Waals surface area (Å²) in [6.07, 6.45) is 0.397. The Morgan fingerprint density at radius 3 is 2.54 bits per heavy atom. The van der Waals surface area contributed by atoms with Gasteiger partial charge in [0.05, 0.1) is 0 Å². The van der Waals surface area contributed by atoms with Crippen LogP contribution in [0.2, 0.25) is 0 Å². The van der Waals surface area contributed by atoms with Crippen LogP contribution in [0, 0.1) is 5.82 Å². The van der Waals surface area contributed by atoms with Crippen molar-refractivity contribution in [1.82, 2.24) is 10.6 Å². The molecule has 24 heavy (non-hydrogen) atoms. The Morgan fingerprint density at radius 2 is 1.88 bits per heavy atom. The van der Waals surface area contributed by atoms with Gasteiger partial charge in [0.2, 0.25) is 11.8 Å². The van der Waals surface area contributed by atoms with Crippen LogP contribution < -0.4 is 10.6 Å². The summed E-state index contributed by atoms with van der Waals surface area (Å²) in [7, 11) is 0. The molecule has 1 heterocycles. The second kappa shape index (κ2) is 7.05. The van der Waals surface area contributed by atoms with E-state index in [0.29, 0.717) is 18.5 Å². The first-order valence-corrected chi connectivity index (χ1v) is 8.47. The van der Waals surface area contributed by atoms with Crippen LogP contribution in [0.1, 0.15) is 12.0 Å². The lowest BCUT2D eigenvalue weighted by Crippen LogP contribution is -2.49. The molecule has 4 nitrogen and oxygen atoms in total. The van der Waals surface area contributed by atoms with E-state index in [2.05, 4.69) is 10.6 Å². The van der Waals surface area contributed by atoms with Gasteiger partial charge in [-0.05, 0) is 24.6 Å². The molecule has 2 aromatic carbocycles. The van der Waals surface area contributed by atoms with E-state index in [1.807, 2.05) is 30.3 Å². The first-order valence-electron chi connectivity index (χ1n) is 7.66. The van der Waals surface area contributed by atoms with E-state index in [1.54, 1.807) is 18.2 Å². The Balaban J connectivity index is 1.77. The van der Waals surface area contributed by atoms with E-state index in [1.165, 1.54) is 17.8 Å². The van der Waals surface area contributed by atoms with Gasteiger partial charge < -0.3 is 10.6 Å². The van der Waals surface area contributed by atoms with Gasteiger partial charge in [0.1, 0.15) is 5.82 Å². The lowest BCUT2D eigenvalue weighted by atomic mass is 10.1. The number of amides is 2. The molecule has 1 saturated heterocycles. The molecule has 0 aliphatic carbocycles. The molecule has 2 aromatic rings. The zero-order valence-electron chi connectivity index (χ0n) is 12.9. The third-order valence-corrected chi connectivity index (χ3v) is 5.36. The zero-order valence-corrected chi connectivity index (χ0v) is 13.7. The van der Waals surface area contributed by atoms with Crippen molar-refractivity contribution < 1.29 is 14.0 Å². The van der Waals surface area contributed by atoms with E-state index in [0.717, 1.165) is 4.90 Å². The lowest BCUT2D eigenvalue weighted by molar-refractivity contribution is -0.131. The Kier molecular flexibility index (Phi) is 4.85. The summed E-state index contributed by atoms with van der Waals surface area (Å²) in [4.78, 5) is 25.9. The fourth-order valence-corrected chi connectivity index (χ4v) is 3.85. The number of halogens is 1. The molecule has 1 fully saturated rings. The van der Waals surface area contributed by atoms with E-state index in [-0.39, 0.29) is 18.3 Å². The van der Waals surface area contributed by atoms with Gasteiger partial charge in [0, 0.05) is 23.5 Å². The van der Waals surface area contributed by atoms with Crippen molar-refractivity contribution in [2.24, 2.45) is 0 Å². The molecule has 0 bridgehead atoms. The number of nitrogens with one attached hydrogen (secondary N) is 2. The van der Waals surface area contributed by atoms with Crippen molar-refractivity contribution in [3.05, 3.63) is 66.0 Å². The molecule has 2 N–H and O–H groups in total. The molecule has 1 unspecified atom stereocenters. The highest BCUT2D eigenvalue weighted by Gasteiger charge is 2.50. The summed E-state index contributed by atoms with van der Waals surface area (Å²) in [6.45, 7) is 0.502. The van der Waals surface area contributed by atoms with Crippen molar-refractivity contribution in [3.8, 4) is 0 Å². The van der Waals surface area contributed by atoms with E-state index >= 15 is 0 Å². The topological polar surface area (TPSA) is 58.2 Å². The standard InChI is InChI=1S/C18H17FN2O2S/c19-15-9-5-4-6-13(15)12-21-17(23)18(10-11-20-16(18)22)24-14-7-2-1-3-8-14/h1-9H,10-12H2,(H,20,22)(H,21,23). The minimum absolute atomic E-state index is 0.0515. The van der Waals surface area contributed by atoms with E-state index < -0.39 is 10.7 Å². The van der Waals surface area contributed by atoms with E-state index in [4.69, 9.17) is 0 Å². The number of rotatable bonds is 5. The van der Waals surface area contributed by atoms with Gasteiger partial charge in [-0.1, -0.05) is 48.2 Å². The van der Waals surface area contributed by atoms with Gasteiger partial charge >= 0.3 is 0 Å². The molecule has 1 aliphatic heterocycles. The van der Waals surface area contributed by atoms with Crippen LogP contribution in [0.15, 0.2) is 59.5 Å². The third-order valence-electron chi connectivity index (χ3n) is 3.93. The van der Waals surface area contributed by atoms with E-state index in [9.17, 15) is 14.0 Å². The van der Waals surface area contributed by atoms with Crippen molar-refractivity contribution in [1.29, 1.82) is 0 Å². The first kappa shape index (κ1) is 16.5. The Morgan fingerprint density at radius 1 is 1.17 bits per heavy atom. The van der Waals surface area contributed by atoms with Crippen LogP contribution in [-0.4, -0.2) is 23.1 Å². The molecule has 6 heteroatoms. The average molecular weight is 344 g/mol. The van der Waals surface area contributed by atoms with Crippen LogP contribution in [-0.2, 0) is 16.1 Å². The molecule has 2 amide bonds. The molecule has 3 rings (SSSR count). The number of benzene rings is 2. The van der Waals surface area contributed by atoms with Crippen LogP contribution in [0.25, 0.3) is 0 Å². The Labute approximate surface area is 143 Å². The SMILES string of the molecule is O=C1NCCC1(Sc1ccccc1)C(=O)NCc1ccccc1F. The predicted molar refractivity (Wildman–Crippen MR) is 90.9 cm³/mol. The number of carbonyl (C=O) groups is 2. The summed E-state index contributed by atoms with van der Waals surface area (Å²) in [5, 5.41) is 5.44. The zero-order chi connectivity index (χ0) is 17.0. The van der Waals surface area contributed by atoms with Crippen molar-refractivity contribution in [2.75, 3.05) is 6.54 Å². The fraction of sp³-hybridized carbons (Fsp3) is 0.222. The molecule has 1 atom stereocenters. The number of carbonyl (C=O) groups excluding carboxylic acids is 2. The number of hydrogen-bond acceptors (Lipinski definition) is 3. The summed E-state index contributed by atoms with van der Waals surface area (Å²) in [5.74, 6) is -1.07. The summed E-state index contributed by atoms with van der Waals surface area (Å²) >= 11 is 1.24. The number of hydrogen-bond donors (Lipinski definition) is 2. The highest BCUT2D eigenvalue weighted by Crippen LogP contribution is 2.38. The van der Waals surface area contributed by atoms with Crippen molar-refractivity contribution in [2.45, 2.75) is 22.6 Å². The van der Waals surface area contributed by atoms with Crippen LogP contribution in [0.3, 0.4) is 0 Å². The van der Waals surface area contributed by atoms with Crippen LogP contribution in [0.5, 0.6) is 0 Å². The second-order valence-corrected chi connectivity index (χ2v) is 6.89. The fourth-order valence-electron chi connectivity index (χ4n) is 2.62. The van der Waals surface area contributed by atoms with Gasteiger partial charge in [-0.2, -0.15) is 0 Å². The maximum atomic E-state index is 13.7. The first-order chi connectivity index (χ1) is 11.6. The van der Waals surface area contributed by atoms with Gasteiger partial charge in [0.25, 0.3) is 0 Å². The van der Waals surface area contributed by atoms with Gasteiger partial charge in [-0.25, -0.2) is 4.39 Å². The van der Waals surface area contributed by atoms with Gasteiger partial charge in [-0.15, -0.1) is 0 Å². The Hall–Kier alpha value is -2.34. The molecule has 124 valence electrons. The van der Waals surface area contributed by atoms with Crippen LogP contribution in [0.4, 0.5) is 4.39 Å². The molecule has 1 aliphatic rings. The minimum atomic E-state index is -1.22. The molecule has 0 saturated carbocycles. The highest BCUT2D eigenvalue weighted by molar-refractivity contribution is 8.02. The molecule has 0 aromatic heterocycles. The molecular formula is C18H17FN2O2S. The quantitative estimate of drug-likeness (QED) is 0.820. The smallest absolute Gasteiger partial charge is 0.246 e. The van der Waals surface area contributed by atoms with Gasteiger partial charge in [-0.3, -0.25) is 9.59 Å². The minimum Gasteiger partial charge on any atom is -0.354 e. The predicted octanol–water partition coefficient (Wildman–Crippen LogP) is 2.49. The maximum absolute atomic E-state index is 13.7. The lowest BCUT2D eigenvalue weighted by Gasteiger charge is -2.24. The highest BCUT2D eigenvalue weighted by atomic mass is 32.2. The summed E-state index contributed by atoms with van der Waals surface area (Å²) in [6, 6.07) is 15.6. The summed E-state index contributed by atoms with van der Waals surface area (Å²) in [5.41, 5.74) is 0.393. The average Bonchev–Trinajstić information content (AvgIpc) is 2.96. The normalized spacial score (nSPS) is 19.8. The van der Waals surface area contributed by atoms with Crippen molar-refractivity contribution in [3.63, 3.8) is 0 Å². The largest absolute Gasteiger partial charge is 0.354 e. The molecular weight excluding hydrogens is 327 g/mol. The van der Waals surface area contributed by atoms with Crippen molar-refractivity contribution >= 4 is 23.6 Å². The Bertz CT molecular complexity index is 754. The van der Waals surface area contributed by atoms with Crippen LogP contribution >= 0.6 is 11.8 Å². The monoisotopic (exact) mass is 344 g/mol. The molecule has 0 radical (unpaired) electrons. The van der Waals surface area contributed by atoms with Gasteiger partial charge in [0.15, 0.2) is 4.75 Å². The maximum Gasteiger partial charge on any atom is 0.246 e. The number of thioether (sulfide) groups is 1. The molecule has 0 spiro atoms.